The van der Waals surface area contributed by atoms with Crippen LogP contribution in [0.5, 0.6) is 0 Å². The van der Waals surface area contributed by atoms with Crippen molar-refractivity contribution in [2.75, 3.05) is 6.54 Å². The number of hydrogen-bond acceptors (Lipinski definition) is 2. The third kappa shape index (κ3) is 5.85. The van der Waals surface area contributed by atoms with E-state index >= 15 is 0 Å². The van der Waals surface area contributed by atoms with E-state index in [9.17, 15) is 4.79 Å². The quantitative estimate of drug-likeness (QED) is 0.765. The highest BCUT2D eigenvalue weighted by molar-refractivity contribution is 5.81. The van der Waals surface area contributed by atoms with Crippen molar-refractivity contribution in [3.63, 3.8) is 0 Å². The summed E-state index contributed by atoms with van der Waals surface area (Å²) in [6.07, 6.45) is 5.55. The fourth-order valence-corrected chi connectivity index (χ4v) is 2.75. The lowest BCUT2D eigenvalue weighted by atomic mass is 9.94. The molecule has 0 aromatic rings. The Morgan fingerprint density at radius 3 is 2.33 bits per heavy atom. The zero-order chi connectivity index (χ0) is 13.5. The van der Waals surface area contributed by atoms with Gasteiger partial charge in [-0.1, -0.05) is 27.7 Å². The van der Waals surface area contributed by atoms with E-state index in [4.69, 9.17) is 0 Å². The molecule has 1 saturated heterocycles. The molecule has 1 aliphatic heterocycles. The highest BCUT2D eigenvalue weighted by atomic mass is 16.2. The summed E-state index contributed by atoms with van der Waals surface area (Å²) >= 11 is 0. The van der Waals surface area contributed by atoms with Crippen LogP contribution in [-0.2, 0) is 4.79 Å². The van der Waals surface area contributed by atoms with E-state index in [-0.39, 0.29) is 11.9 Å². The Balaban J connectivity index is 2.53. The largest absolute Gasteiger partial charge is 0.355 e. The molecule has 1 rings (SSSR count). The van der Waals surface area contributed by atoms with E-state index in [1.165, 1.54) is 0 Å². The number of carbonyl (C=O) groups excluding carboxylic acids is 1. The summed E-state index contributed by atoms with van der Waals surface area (Å²) in [5.74, 6) is 1.55. The Labute approximate surface area is 112 Å². The van der Waals surface area contributed by atoms with Crippen molar-refractivity contribution >= 4 is 5.91 Å². The second kappa shape index (κ2) is 7.78. The molecular weight excluding hydrogens is 224 g/mol. The Morgan fingerprint density at radius 1 is 1.17 bits per heavy atom. The zero-order valence-electron chi connectivity index (χ0n) is 12.5. The van der Waals surface area contributed by atoms with Crippen LogP contribution in [0, 0.1) is 11.8 Å². The van der Waals surface area contributed by atoms with Crippen molar-refractivity contribution in [2.45, 2.75) is 71.9 Å². The maximum absolute atomic E-state index is 11.9. The van der Waals surface area contributed by atoms with Gasteiger partial charge in [-0.3, -0.25) is 4.79 Å². The van der Waals surface area contributed by atoms with Crippen molar-refractivity contribution in [2.24, 2.45) is 11.8 Å². The number of hydrogen-bond donors (Lipinski definition) is 2. The number of amides is 1. The maximum atomic E-state index is 11.9. The first-order chi connectivity index (χ1) is 8.49. The molecule has 1 unspecified atom stereocenters. The summed E-state index contributed by atoms with van der Waals surface area (Å²) in [4.78, 5) is 11.9. The summed E-state index contributed by atoms with van der Waals surface area (Å²) in [6, 6.07) is 0.494. The van der Waals surface area contributed by atoms with Gasteiger partial charge in [0.15, 0.2) is 0 Å². The zero-order valence-corrected chi connectivity index (χ0v) is 12.5. The number of nitrogens with one attached hydrogen (secondary N) is 2. The Hall–Kier alpha value is -0.570. The van der Waals surface area contributed by atoms with Gasteiger partial charge in [0.25, 0.3) is 0 Å². The van der Waals surface area contributed by atoms with Crippen LogP contribution in [0.4, 0.5) is 0 Å². The van der Waals surface area contributed by atoms with Gasteiger partial charge in [-0.25, -0.2) is 0 Å². The Kier molecular flexibility index (Phi) is 6.69. The van der Waals surface area contributed by atoms with Crippen molar-refractivity contribution in [3.05, 3.63) is 0 Å². The third-order valence-electron chi connectivity index (χ3n) is 3.48. The lowest BCUT2D eigenvalue weighted by Gasteiger charge is -2.26. The van der Waals surface area contributed by atoms with Crippen LogP contribution in [0.25, 0.3) is 0 Å². The SMILES string of the molecule is CC(C)CC(CC(C)C)NC1CCCCNC1=O. The number of carbonyl (C=O) groups is 1. The molecule has 106 valence electrons. The van der Waals surface area contributed by atoms with E-state index in [1.807, 2.05) is 0 Å². The van der Waals surface area contributed by atoms with Crippen molar-refractivity contribution in [1.29, 1.82) is 0 Å². The molecule has 0 bridgehead atoms. The molecule has 1 heterocycles. The summed E-state index contributed by atoms with van der Waals surface area (Å²) in [5, 5.41) is 6.60. The first kappa shape index (κ1) is 15.5. The van der Waals surface area contributed by atoms with Gasteiger partial charge in [-0.2, -0.15) is 0 Å². The molecule has 0 aliphatic carbocycles. The highest BCUT2D eigenvalue weighted by Gasteiger charge is 2.24. The summed E-state index contributed by atoms with van der Waals surface area (Å²) < 4.78 is 0. The highest BCUT2D eigenvalue weighted by Crippen LogP contribution is 2.16. The van der Waals surface area contributed by atoms with Crippen LogP contribution in [-0.4, -0.2) is 24.5 Å². The predicted octanol–water partition coefficient (Wildman–Crippen LogP) is 2.71. The predicted molar refractivity (Wildman–Crippen MR) is 76.5 cm³/mol. The molecule has 0 saturated carbocycles. The molecular formula is C15H30N2O. The first-order valence-electron chi connectivity index (χ1n) is 7.52. The molecule has 3 nitrogen and oxygen atoms in total. The Bertz CT molecular complexity index is 241. The fourth-order valence-electron chi connectivity index (χ4n) is 2.75. The molecule has 3 heteroatoms. The Morgan fingerprint density at radius 2 is 1.78 bits per heavy atom. The minimum atomic E-state index is 0.0231. The van der Waals surface area contributed by atoms with Crippen LogP contribution in [0.2, 0.25) is 0 Å². The molecule has 18 heavy (non-hydrogen) atoms. The molecule has 1 aliphatic rings. The fraction of sp³-hybridized carbons (Fsp3) is 0.933. The summed E-state index contributed by atoms with van der Waals surface area (Å²) in [6.45, 7) is 9.85. The molecule has 2 N–H and O–H groups in total. The smallest absolute Gasteiger partial charge is 0.237 e. The molecule has 0 spiro atoms. The molecule has 0 aromatic heterocycles. The second-order valence-corrected chi connectivity index (χ2v) is 6.46. The normalized spacial score (nSPS) is 21.5. The van der Waals surface area contributed by atoms with Gasteiger partial charge in [0.05, 0.1) is 6.04 Å². The lowest BCUT2D eigenvalue weighted by Crippen LogP contribution is -2.48. The van der Waals surface area contributed by atoms with Gasteiger partial charge in [0.1, 0.15) is 0 Å². The third-order valence-corrected chi connectivity index (χ3v) is 3.48. The van der Waals surface area contributed by atoms with Gasteiger partial charge < -0.3 is 10.6 Å². The molecule has 1 amide bonds. The molecule has 0 aromatic carbocycles. The van der Waals surface area contributed by atoms with Crippen LogP contribution in [0.3, 0.4) is 0 Å². The van der Waals surface area contributed by atoms with Crippen molar-refractivity contribution in [3.8, 4) is 0 Å². The van der Waals surface area contributed by atoms with E-state index in [1.54, 1.807) is 0 Å². The standard InChI is InChI=1S/C15H30N2O/c1-11(2)9-13(10-12(3)4)17-14-7-5-6-8-16-15(14)18/h11-14,17H,5-10H2,1-4H3,(H,16,18). The van der Waals surface area contributed by atoms with E-state index < -0.39 is 0 Å². The van der Waals surface area contributed by atoms with Crippen LogP contribution in [0.15, 0.2) is 0 Å². The van der Waals surface area contributed by atoms with Gasteiger partial charge >= 0.3 is 0 Å². The van der Waals surface area contributed by atoms with Gasteiger partial charge in [0.2, 0.25) is 5.91 Å². The molecule has 1 atom stereocenters. The topological polar surface area (TPSA) is 41.1 Å². The van der Waals surface area contributed by atoms with Crippen LogP contribution < -0.4 is 10.6 Å². The molecule has 0 radical (unpaired) electrons. The lowest BCUT2D eigenvalue weighted by molar-refractivity contribution is -0.123. The monoisotopic (exact) mass is 254 g/mol. The minimum absolute atomic E-state index is 0.0231. The van der Waals surface area contributed by atoms with Gasteiger partial charge in [-0.05, 0) is 43.9 Å². The van der Waals surface area contributed by atoms with Gasteiger partial charge in [-0.15, -0.1) is 0 Å². The van der Waals surface area contributed by atoms with E-state index in [0.717, 1.165) is 38.6 Å². The van der Waals surface area contributed by atoms with Gasteiger partial charge in [0, 0.05) is 12.6 Å². The van der Waals surface area contributed by atoms with Crippen molar-refractivity contribution < 1.29 is 4.79 Å². The average molecular weight is 254 g/mol. The van der Waals surface area contributed by atoms with Crippen LogP contribution in [0.1, 0.15) is 59.8 Å². The van der Waals surface area contributed by atoms with Crippen molar-refractivity contribution in [1.82, 2.24) is 10.6 Å². The van der Waals surface area contributed by atoms with E-state index in [2.05, 4.69) is 38.3 Å². The van der Waals surface area contributed by atoms with E-state index in [0.29, 0.717) is 17.9 Å². The summed E-state index contributed by atoms with van der Waals surface area (Å²) in [7, 11) is 0. The first-order valence-corrected chi connectivity index (χ1v) is 7.52. The van der Waals surface area contributed by atoms with Crippen LogP contribution >= 0.6 is 0 Å². The average Bonchev–Trinajstić information content (AvgIpc) is 2.42. The molecule has 1 fully saturated rings. The number of rotatable bonds is 6. The second-order valence-electron chi connectivity index (χ2n) is 6.46. The maximum Gasteiger partial charge on any atom is 0.237 e. The minimum Gasteiger partial charge on any atom is -0.355 e. The summed E-state index contributed by atoms with van der Waals surface area (Å²) in [5.41, 5.74) is 0.